The average Bonchev–Trinajstić information content (AvgIpc) is 3.10. The predicted molar refractivity (Wildman–Crippen MR) is 113 cm³/mol. The van der Waals surface area contributed by atoms with Gasteiger partial charge in [-0.05, 0) is 53.9 Å². The Kier molecular flexibility index (Phi) is 6.00. The van der Waals surface area contributed by atoms with Gasteiger partial charge in [-0.3, -0.25) is 4.99 Å². The lowest BCUT2D eigenvalue weighted by Crippen LogP contribution is -2.45. The quantitative estimate of drug-likeness (QED) is 0.561. The average molecular weight is 465 g/mol. The molecule has 2 atom stereocenters. The number of halogens is 2. The van der Waals surface area contributed by atoms with Gasteiger partial charge in [-0.15, -0.1) is 0 Å². The summed E-state index contributed by atoms with van der Waals surface area (Å²) in [7, 11) is 1.74. The Hall–Kier alpha value is -1.13. The molecule has 4 rings (SSSR count). The second kappa shape index (κ2) is 8.05. The number of hydrogen-bond acceptors (Lipinski definition) is 2. The molecule has 0 radical (unpaired) electrons. The summed E-state index contributed by atoms with van der Waals surface area (Å²) in [5.41, 5.74) is 5.54. The lowest BCUT2D eigenvalue weighted by atomic mass is 9.65. The Balaban J connectivity index is 0.000000880. The highest BCUT2D eigenvalue weighted by atomic mass is 79.9. The highest BCUT2D eigenvalue weighted by molar-refractivity contribution is 9.10. The van der Waals surface area contributed by atoms with E-state index in [4.69, 9.17) is 9.73 Å². The smallest absolute Gasteiger partial charge is 0.119 e. The van der Waals surface area contributed by atoms with Crippen LogP contribution in [0.15, 0.2) is 53.5 Å². The number of benzene rings is 2. The number of aliphatic imine (C=N–C) groups is 1. The van der Waals surface area contributed by atoms with E-state index in [0.29, 0.717) is 4.83 Å². The molecule has 0 N–H and O–H groups in total. The first-order valence-corrected chi connectivity index (χ1v) is 11.0. The zero-order chi connectivity index (χ0) is 17.9. The van der Waals surface area contributed by atoms with Crippen LogP contribution in [-0.2, 0) is 18.3 Å². The highest BCUT2D eigenvalue weighted by Gasteiger charge is 2.47. The van der Waals surface area contributed by atoms with Gasteiger partial charge in [0.2, 0.25) is 0 Å². The molecule has 0 amide bonds. The van der Waals surface area contributed by atoms with E-state index >= 15 is 0 Å². The topological polar surface area (TPSA) is 21.6 Å². The number of ether oxygens (including phenoxy) is 1. The molecule has 0 aromatic heterocycles. The summed E-state index contributed by atoms with van der Waals surface area (Å²) in [4.78, 5) is 5.23. The molecule has 2 aromatic carbocycles. The van der Waals surface area contributed by atoms with Gasteiger partial charge in [0.05, 0.1) is 11.9 Å². The zero-order valence-electron chi connectivity index (χ0n) is 14.6. The molecule has 1 aliphatic heterocycles. The summed E-state index contributed by atoms with van der Waals surface area (Å²) in [6, 6.07) is 17.3. The summed E-state index contributed by atoms with van der Waals surface area (Å²) >= 11 is 6.82. The molecular formula is C21H23Br2NO. The molecule has 1 aliphatic carbocycles. The molecule has 1 heterocycles. The van der Waals surface area contributed by atoms with Crippen molar-refractivity contribution < 1.29 is 4.74 Å². The third-order valence-corrected chi connectivity index (χ3v) is 5.95. The van der Waals surface area contributed by atoms with E-state index in [1.54, 1.807) is 7.11 Å². The molecule has 0 saturated carbocycles. The fraction of sp³-hybridized carbons (Fsp3) is 0.381. The maximum Gasteiger partial charge on any atom is 0.119 e. The van der Waals surface area contributed by atoms with Crippen LogP contribution in [0.5, 0.6) is 5.75 Å². The van der Waals surface area contributed by atoms with E-state index in [0.717, 1.165) is 31.6 Å². The van der Waals surface area contributed by atoms with E-state index in [2.05, 4.69) is 80.4 Å². The normalized spacial score (nSPS) is 23.7. The van der Waals surface area contributed by atoms with Crippen LogP contribution in [-0.4, -0.2) is 30.0 Å². The van der Waals surface area contributed by atoms with Crippen LogP contribution >= 0.6 is 31.9 Å². The van der Waals surface area contributed by atoms with Crippen LogP contribution in [0.2, 0.25) is 0 Å². The third kappa shape index (κ3) is 3.43. The summed E-state index contributed by atoms with van der Waals surface area (Å²) in [5, 5.41) is 0. The standard InChI is InChI=1S/C20H20BrNO.CH3Br/c1-23-16-8-7-15-11-18(21)19-20(9-10-22-19,17(15)12-16)13-14-5-3-2-4-6-14;1-2/h2-8,12,18H,9-11,13H2,1H3;1H3. The van der Waals surface area contributed by atoms with Gasteiger partial charge < -0.3 is 4.74 Å². The van der Waals surface area contributed by atoms with E-state index in [1.807, 2.05) is 5.83 Å². The Bertz CT molecular complexity index is 760. The van der Waals surface area contributed by atoms with Gasteiger partial charge in [0.15, 0.2) is 0 Å². The maximum absolute atomic E-state index is 5.50. The molecule has 4 heteroatoms. The molecule has 25 heavy (non-hydrogen) atoms. The number of alkyl halides is 2. The number of fused-ring (bicyclic) bond motifs is 3. The summed E-state index contributed by atoms with van der Waals surface area (Å²) in [6.45, 7) is 0.918. The van der Waals surface area contributed by atoms with Gasteiger partial charge >= 0.3 is 0 Å². The van der Waals surface area contributed by atoms with Crippen molar-refractivity contribution in [2.24, 2.45) is 4.99 Å². The van der Waals surface area contributed by atoms with Crippen molar-refractivity contribution >= 4 is 37.6 Å². The number of methoxy groups -OCH3 is 1. The van der Waals surface area contributed by atoms with Crippen molar-refractivity contribution in [3.05, 3.63) is 65.2 Å². The Morgan fingerprint density at radius 2 is 1.92 bits per heavy atom. The Labute approximate surface area is 167 Å². The van der Waals surface area contributed by atoms with Crippen molar-refractivity contribution in [1.29, 1.82) is 0 Å². The minimum atomic E-state index is 0.0116. The lowest BCUT2D eigenvalue weighted by molar-refractivity contribution is 0.412. The monoisotopic (exact) mass is 463 g/mol. The zero-order valence-corrected chi connectivity index (χ0v) is 17.8. The van der Waals surface area contributed by atoms with Gasteiger partial charge in [0, 0.05) is 17.7 Å². The molecule has 2 aliphatic rings. The Morgan fingerprint density at radius 3 is 2.64 bits per heavy atom. The Morgan fingerprint density at radius 1 is 1.16 bits per heavy atom. The summed E-state index contributed by atoms with van der Waals surface area (Å²) in [5.74, 6) is 2.75. The first kappa shape index (κ1) is 18.7. The summed E-state index contributed by atoms with van der Waals surface area (Å²) < 4.78 is 5.50. The van der Waals surface area contributed by atoms with Crippen molar-refractivity contribution in [1.82, 2.24) is 0 Å². The fourth-order valence-electron chi connectivity index (χ4n) is 4.13. The first-order chi connectivity index (χ1) is 12.2. The fourth-order valence-corrected chi connectivity index (χ4v) is 5.06. The van der Waals surface area contributed by atoms with E-state index in [1.165, 1.54) is 22.4 Å². The predicted octanol–water partition coefficient (Wildman–Crippen LogP) is 5.35. The molecule has 2 aromatic rings. The molecule has 0 fully saturated rings. The van der Waals surface area contributed by atoms with Crippen molar-refractivity contribution in [2.45, 2.75) is 29.5 Å². The second-order valence-corrected chi connectivity index (χ2v) is 7.56. The SMILES string of the molecule is CBr.COc1ccc2c(c1)C1(Cc3ccccc3)CCN=C1C(Br)C2. The molecule has 132 valence electrons. The van der Waals surface area contributed by atoms with Gasteiger partial charge in [-0.25, -0.2) is 0 Å². The van der Waals surface area contributed by atoms with Gasteiger partial charge in [0.25, 0.3) is 0 Å². The maximum atomic E-state index is 5.50. The number of nitrogens with zero attached hydrogens (tertiary/aromatic N) is 1. The van der Waals surface area contributed by atoms with Crippen LogP contribution in [0.4, 0.5) is 0 Å². The van der Waals surface area contributed by atoms with Crippen molar-refractivity contribution in [3.63, 3.8) is 0 Å². The van der Waals surface area contributed by atoms with Crippen molar-refractivity contribution in [3.8, 4) is 5.75 Å². The van der Waals surface area contributed by atoms with E-state index in [-0.39, 0.29) is 5.41 Å². The third-order valence-electron chi connectivity index (χ3n) is 5.19. The highest BCUT2D eigenvalue weighted by Crippen LogP contribution is 2.46. The molecule has 0 spiro atoms. The molecule has 0 saturated heterocycles. The lowest BCUT2D eigenvalue weighted by Gasteiger charge is -2.40. The number of hydrogen-bond donors (Lipinski definition) is 0. The van der Waals surface area contributed by atoms with Crippen LogP contribution in [0.25, 0.3) is 0 Å². The molecule has 0 bridgehead atoms. The van der Waals surface area contributed by atoms with Crippen LogP contribution in [0.3, 0.4) is 0 Å². The molecule has 2 unspecified atom stereocenters. The van der Waals surface area contributed by atoms with Crippen LogP contribution in [0.1, 0.15) is 23.1 Å². The van der Waals surface area contributed by atoms with Crippen molar-refractivity contribution in [2.75, 3.05) is 19.5 Å². The number of rotatable bonds is 3. The largest absolute Gasteiger partial charge is 0.497 e. The molecule has 2 nitrogen and oxygen atoms in total. The summed E-state index contributed by atoms with van der Waals surface area (Å²) in [6.07, 6.45) is 3.10. The van der Waals surface area contributed by atoms with Crippen LogP contribution < -0.4 is 4.74 Å². The van der Waals surface area contributed by atoms with Gasteiger partial charge in [-0.2, -0.15) is 0 Å². The van der Waals surface area contributed by atoms with Gasteiger partial charge in [-0.1, -0.05) is 68.3 Å². The van der Waals surface area contributed by atoms with Gasteiger partial charge in [0.1, 0.15) is 5.75 Å². The minimum absolute atomic E-state index is 0.0116. The second-order valence-electron chi connectivity index (χ2n) is 6.46. The van der Waals surface area contributed by atoms with E-state index < -0.39 is 0 Å². The minimum Gasteiger partial charge on any atom is -0.497 e. The first-order valence-electron chi connectivity index (χ1n) is 8.51. The van der Waals surface area contributed by atoms with Crippen LogP contribution in [0, 0.1) is 0 Å². The molecular weight excluding hydrogens is 442 g/mol. The van der Waals surface area contributed by atoms with E-state index in [9.17, 15) is 0 Å².